The molecule has 0 aliphatic rings. The Labute approximate surface area is 264 Å². The first kappa shape index (κ1) is 32.6. The summed E-state index contributed by atoms with van der Waals surface area (Å²) in [6, 6.07) is 27.0. The molecule has 230 valence electrons. The Balaban J connectivity index is 1.85. The van der Waals surface area contributed by atoms with Gasteiger partial charge in [0.05, 0.1) is 17.7 Å². The Morgan fingerprint density at radius 3 is 2.20 bits per heavy atom. The maximum Gasteiger partial charge on any atom is 0.264 e. The van der Waals surface area contributed by atoms with Crippen LogP contribution in [0, 0.1) is 13.8 Å². The lowest BCUT2D eigenvalue weighted by Gasteiger charge is -2.34. The highest BCUT2D eigenvalue weighted by molar-refractivity contribution is 7.92. The van der Waals surface area contributed by atoms with Gasteiger partial charge in [-0.2, -0.15) is 0 Å². The molecule has 0 saturated heterocycles. The molecule has 44 heavy (non-hydrogen) atoms. The molecule has 10 heteroatoms. The predicted molar refractivity (Wildman–Crippen MR) is 173 cm³/mol. The van der Waals surface area contributed by atoms with Crippen molar-refractivity contribution in [2.45, 2.75) is 37.8 Å². The number of ether oxygens (including phenoxy) is 1. The van der Waals surface area contributed by atoms with Crippen molar-refractivity contribution in [3.63, 3.8) is 0 Å². The number of carbonyl (C=O) groups excluding carboxylic acids is 2. The number of hydrogen-bond acceptors (Lipinski definition) is 5. The minimum atomic E-state index is -4.29. The van der Waals surface area contributed by atoms with Crippen molar-refractivity contribution >= 4 is 39.1 Å². The van der Waals surface area contributed by atoms with Crippen LogP contribution in [0.1, 0.15) is 22.3 Å². The minimum absolute atomic E-state index is 0.00415. The van der Waals surface area contributed by atoms with E-state index in [-0.39, 0.29) is 40.2 Å². The molecule has 0 aromatic heterocycles. The van der Waals surface area contributed by atoms with E-state index in [9.17, 15) is 18.0 Å². The molecular formula is C34H36ClN3O5S. The standard InChI is InChI=1S/C34H36ClN3O5S/c1-24-14-17-29(18-15-24)44(41,42)38(30-21-28(35)16-19-32(30)43-4)23-33(39)37(22-27-13-9-8-10-25(27)2)31(34(40)36-3)20-26-11-6-5-7-12-26/h5-19,21,31H,20,22-23H2,1-4H3,(H,36,40). The molecule has 8 nitrogen and oxygen atoms in total. The van der Waals surface area contributed by atoms with E-state index in [0.717, 1.165) is 26.6 Å². The number of nitrogens with zero attached hydrogens (tertiary/aromatic N) is 2. The number of halogens is 1. The van der Waals surface area contributed by atoms with Gasteiger partial charge in [0.25, 0.3) is 10.0 Å². The number of rotatable bonds is 12. The summed E-state index contributed by atoms with van der Waals surface area (Å²) in [7, 11) is -1.36. The molecule has 0 spiro atoms. The Morgan fingerprint density at radius 1 is 0.909 bits per heavy atom. The molecule has 1 unspecified atom stereocenters. The molecular weight excluding hydrogens is 598 g/mol. The van der Waals surface area contributed by atoms with Crippen LogP contribution >= 0.6 is 11.6 Å². The van der Waals surface area contributed by atoms with Crippen LogP contribution in [0.25, 0.3) is 0 Å². The number of carbonyl (C=O) groups is 2. The summed E-state index contributed by atoms with van der Waals surface area (Å²) in [5, 5.41) is 2.96. The third kappa shape index (κ3) is 7.59. The number of anilines is 1. The molecule has 2 amide bonds. The van der Waals surface area contributed by atoms with Gasteiger partial charge in [-0.05, 0) is 60.9 Å². The van der Waals surface area contributed by atoms with Crippen LogP contribution in [0.2, 0.25) is 5.02 Å². The van der Waals surface area contributed by atoms with Gasteiger partial charge in [0.2, 0.25) is 11.8 Å². The topological polar surface area (TPSA) is 96.0 Å². The molecule has 0 aliphatic carbocycles. The molecule has 0 radical (unpaired) electrons. The highest BCUT2D eigenvalue weighted by atomic mass is 35.5. The Morgan fingerprint density at radius 2 is 1.57 bits per heavy atom. The third-order valence-electron chi connectivity index (χ3n) is 7.42. The predicted octanol–water partition coefficient (Wildman–Crippen LogP) is 5.55. The van der Waals surface area contributed by atoms with Crippen LogP contribution in [0.3, 0.4) is 0 Å². The van der Waals surface area contributed by atoms with Gasteiger partial charge in [-0.1, -0.05) is 83.9 Å². The molecule has 1 atom stereocenters. The van der Waals surface area contributed by atoms with E-state index in [1.54, 1.807) is 24.3 Å². The fourth-order valence-electron chi connectivity index (χ4n) is 4.90. The molecule has 4 aromatic rings. The molecule has 4 aromatic carbocycles. The average molecular weight is 634 g/mol. The number of nitrogens with one attached hydrogen (secondary N) is 1. The van der Waals surface area contributed by atoms with E-state index in [1.165, 1.54) is 37.3 Å². The molecule has 0 fully saturated rings. The second-order valence-electron chi connectivity index (χ2n) is 10.4. The van der Waals surface area contributed by atoms with E-state index < -0.39 is 28.5 Å². The van der Waals surface area contributed by atoms with Gasteiger partial charge in [0, 0.05) is 25.0 Å². The number of hydrogen-bond donors (Lipinski definition) is 1. The SMILES string of the molecule is CNC(=O)C(Cc1ccccc1)N(Cc1ccccc1C)C(=O)CN(c1cc(Cl)ccc1OC)S(=O)(=O)c1ccc(C)cc1. The zero-order valence-corrected chi connectivity index (χ0v) is 26.7. The molecule has 0 heterocycles. The van der Waals surface area contributed by atoms with Crippen LogP contribution in [0.5, 0.6) is 5.75 Å². The first-order valence-electron chi connectivity index (χ1n) is 14.1. The summed E-state index contributed by atoms with van der Waals surface area (Å²) in [6.07, 6.45) is 0.226. The molecule has 1 N–H and O–H groups in total. The van der Waals surface area contributed by atoms with Crippen molar-refractivity contribution in [1.29, 1.82) is 0 Å². The summed E-state index contributed by atoms with van der Waals surface area (Å²) >= 11 is 6.33. The van der Waals surface area contributed by atoms with Crippen LogP contribution in [0.15, 0.2) is 102 Å². The van der Waals surface area contributed by atoms with E-state index in [2.05, 4.69) is 5.32 Å². The summed E-state index contributed by atoms with van der Waals surface area (Å²) < 4.78 is 35.0. The monoisotopic (exact) mass is 633 g/mol. The van der Waals surface area contributed by atoms with Gasteiger partial charge in [-0.3, -0.25) is 13.9 Å². The summed E-state index contributed by atoms with van der Waals surface area (Å²) in [6.45, 7) is 3.25. The Bertz CT molecular complexity index is 1710. The van der Waals surface area contributed by atoms with Crippen molar-refractivity contribution in [2.24, 2.45) is 0 Å². The maximum absolute atomic E-state index is 14.5. The van der Waals surface area contributed by atoms with Gasteiger partial charge in [0.15, 0.2) is 0 Å². The largest absolute Gasteiger partial charge is 0.495 e. The fraction of sp³-hybridized carbons (Fsp3) is 0.235. The number of methoxy groups -OCH3 is 1. The quantitative estimate of drug-likeness (QED) is 0.221. The number of benzene rings is 4. The molecule has 4 rings (SSSR count). The van der Waals surface area contributed by atoms with Crippen LogP contribution in [-0.2, 0) is 32.6 Å². The zero-order valence-electron chi connectivity index (χ0n) is 25.2. The highest BCUT2D eigenvalue weighted by Crippen LogP contribution is 2.35. The van der Waals surface area contributed by atoms with Crippen LogP contribution in [-0.4, -0.2) is 51.9 Å². The van der Waals surface area contributed by atoms with Gasteiger partial charge >= 0.3 is 0 Å². The summed E-state index contributed by atoms with van der Waals surface area (Å²) in [5.74, 6) is -0.727. The van der Waals surface area contributed by atoms with Gasteiger partial charge < -0.3 is 15.0 Å². The lowest BCUT2D eigenvalue weighted by atomic mass is 10.0. The van der Waals surface area contributed by atoms with Crippen molar-refractivity contribution in [2.75, 3.05) is 25.0 Å². The van der Waals surface area contributed by atoms with E-state index in [4.69, 9.17) is 16.3 Å². The zero-order chi connectivity index (χ0) is 31.9. The summed E-state index contributed by atoms with van der Waals surface area (Å²) in [5.41, 5.74) is 3.59. The van der Waals surface area contributed by atoms with Gasteiger partial charge in [-0.25, -0.2) is 8.42 Å². The third-order valence-corrected chi connectivity index (χ3v) is 9.43. The molecule has 0 bridgehead atoms. The molecule has 0 saturated carbocycles. The van der Waals surface area contributed by atoms with E-state index >= 15 is 0 Å². The summed E-state index contributed by atoms with van der Waals surface area (Å²) in [4.78, 5) is 29.3. The van der Waals surface area contributed by atoms with Crippen LogP contribution in [0.4, 0.5) is 5.69 Å². The van der Waals surface area contributed by atoms with Crippen molar-refractivity contribution < 1.29 is 22.7 Å². The van der Waals surface area contributed by atoms with Crippen molar-refractivity contribution in [1.82, 2.24) is 10.2 Å². The smallest absolute Gasteiger partial charge is 0.264 e. The lowest BCUT2D eigenvalue weighted by molar-refractivity contribution is -0.139. The number of sulfonamides is 1. The van der Waals surface area contributed by atoms with Crippen LogP contribution < -0.4 is 14.4 Å². The van der Waals surface area contributed by atoms with Gasteiger partial charge in [0.1, 0.15) is 18.3 Å². The average Bonchev–Trinajstić information content (AvgIpc) is 3.02. The second kappa shape index (κ2) is 14.4. The second-order valence-corrected chi connectivity index (χ2v) is 12.7. The lowest BCUT2D eigenvalue weighted by Crippen LogP contribution is -2.53. The Kier molecular flexibility index (Phi) is 10.7. The fourth-order valence-corrected chi connectivity index (χ4v) is 6.48. The van der Waals surface area contributed by atoms with E-state index in [1.807, 2.05) is 68.4 Å². The highest BCUT2D eigenvalue weighted by Gasteiger charge is 2.35. The minimum Gasteiger partial charge on any atom is -0.495 e. The molecule has 0 aliphatic heterocycles. The first-order chi connectivity index (χ1) is 21.0. The Hall–Kier alpha value is -4.34. The van der Waals surface area contributed by atoms with Gasteiger partial charge in [-0.15, -0.1) is 0 Å². The number of amides is 2. The maximum atomic E-state index is 14.5. The van der Waals surface area contributed by atoms with E-state index in [0.29, 0.717) is 0 Å². The van der Waals surface area contributed by atoms with Crippen molar-refractivity contribution in [3.8, 4) is 5.75 Å². The first-order valence-corrected chi connectivity index (χ1v) is 15.9. The normalized spacial score (nSPS) is 11.8. The van der Waals surface area contributed by atoms with Crippen molar-refractivity contribution in [3.05, 3.63) is 124 Å². The number of aryl methyl sites for hydroxylation is 2. The number of likely N-dealkylation sites (N-methyl/N-ethyl adjacent to an activating group) is 1.